The molecule has 1 aliphatic carbocycles. The van der Waals surface area contributed by atoms with E-state index in [0.717, 1.165) is 19.0 Å². The van der Waals surface area contributed by atoms with Crippen molar-refractivity contribution >= 4 is 15.9 Å². The van der Waals surface area contributed by atoms with Crippen LogP contribution in [0.1, 0.15) is 50.5 Å². The van der Waals surface area contributed by atoms with Gasteiger partial charge in [0.2, 0.25) is 0 Å². The molecule has 1 atom stereocenters. The van der Waals surface area contributed by atoms with Gasteiger partial charge in [-0.1, -0.05) is 47.8 Å². The summed E-state index contributed by atoms with van der Waals surface area (Å²) in [4.78, 5) is 0. The molecule has 0 amide bonds. The second-order valence-electron chi connectivity index (χ2n) is 5.41. The summed E-state index contributed by atoms with van der Waals surface area (Å²) in [5.74, 6) is 1.59. The number of benzene rings is 1. The van der Waals surface area contributed by atoms with Gasteiger partial charge in [-0.3, -0.25) is 0 Å². The monoisotopic (exact) mass is 309 g/mol. The smallest absolute Gasteiger partial charge is 0.0175 e. The zero-order valence-corrected chi connectivity index (χ0v) is 12.9. The van der Waals surface area contributed by atoms with Crippen LogP contribution in [0, 0.1) is 5.92 Å². The lowest BCUT2D eigenvalue weighted by atomic mass is 9.85. The van der Waals surface area contributed by atoms with Gasteiger partial charge >= 0.3 is 0 Å². The maximum Gasteiger partial charge on any atom is 0.0175 e. The quantitative estimate of drug-likeness (QED) is 0.750. The zero-order chi connectivity index (χ0) is 12.8. The Balaban J connectivity index is 2.05. The van der Waals surface area contributed by atoms with Gasteiger partial charge in [0.25, 0.3) is 0 Å². The topological polar surface area (TPSA) is 12.0 Å². The highest BCUT2D eigenvalue weighted by molar-refractivity contribution is 9.10. The van der Waals surface area contributed by atoms with E-state index in [1.54, 1.807) is 0 Å². The lowest BCUT2D eigenvalue weighted by Gasteiger charge is -2.24. The Labute approximate surface area is 119 Å². The van der Waals surface area contributed by atoms with Crippen molar-refractivity contribution in [3.05, 3.63) is 34.3 Å². The first kappa shape index (κ1) is 14.1. The van der Waals surface area contributed by atoms with Crippen molar-refractivity contribution in [1.29, 1.82) is 0 Å². The van der Waals surface area contributed by atoms with Crippen molar-refractivity contribution in [1.82, 2.24) is 5.32 Å². The van der Waals surface area contributed by atoms with Crippen LogP contribution in [0.4, 0.5) is 0 Å². The number of hydrogen-bond donors (Lipinski definition) is 1. The summed E-state index contributed by atoms with van der Waals surface area (Å²) in [6.07, 6.45) is 6.89. The van der Waals surface area contributed by atoms with Crippen LogP contribution >= 0.6 is 15.9 Å². The van der Waals surface area contributed by atoms with Crippen LogP contribution in [0.3, 0.4) is 0 Å². The Morgan fingerprint density at radius 2 is 1.89 bits per heavy atom. The SMILES string of the molecule is CCCNCC(c1ccc(Br)cc1)C1CCCC1. The van der Waals surface area contributed by atoms with Crippen molar-refractivity contribution in [3.63, 3.8) is 0 Å². The van der Waals surface area contributed by atoms with E-state index in [4.69, 9.17) is 0 Å². The molecule has 1 nitrogen and oxygen atoms in total. The Morgan fingerprint density at radius 1 is 1.22 bits per heavy atom. The zero-order valence-electron chi connectivity index (χ0n) is 11.3. The fourth-order valence-corrected chi connectivity index (χ4v) is 3.33. The maximum atomic E-state index is 3.61. The van der Waals surface area contributed by atoms with Crippen molar-refractivity contribution in [2.45, 2.75) is 44.9 Å². The van der Waals surface area contributed by atoms with Crippen LogP contribution in [-0.2, 0) is 0 Å². The highest BCUT2D eigenvalue weighted by Gasteiger charge is 2.25. The van der Waals surface area contributed by atoms with E-state index in [9.17, 15) is 0 Å². The highest BCUT2D eigenvalue weighted by Crippen LogP contribution is 2.37. The molecule has 1 unspecified atom stereocenters. The standard InChI is InChI=1S/C16H24BrN/c1-2-11-18-12-16(13-5-3-4-6-13)14-7-9-15(17)10-8-14/h7-10,13,16,18H,2-6,11-12H2,1H3. The predicted molar refractivity (Wildman–Crippen MR) is 82.0 cm³/mol. The van der Waals surface area contributed by atoms with Crippen molar-refractivity contribution < 1.29 is 0 Å². The third kappa shape index (κ3) is 3.83. The fraction of sp³-hybridized carbons (Fsp3) is 0.625. The number of halogens is 1. The number of rotatable bonds is 6. The molecule has 1 aliphatic rings. The minimum absolute atomic E-state index is 0.701. The molecular formula is C16H24BrN. The van der Waals surface area contributed by atoms with Gasteiger partial charge in [-0.2, -0.15) is 0 Å². The molecule has 0 aliphatic heterocycles. The largest absolute Gasteiger partial charge is 0.316 e. The maximum absolute atomic E-state index is 3.61. The van der Waals surface area contributed by atoms with Gasteiger partial charge in [-0.25, -0.2) is 0 Å². The molecule has 0 saturated heterocycles. The summed E-state index contributed by atoms with van der Waals surface area (Å²) in [7, 11) is 0. The van der Waals surface area contributed by atoms with E-state index in [1.807, 2.05) is 0 Å². The first-order valence-corrected chi connectivity index (χ1v) is 8.06. The molecule has 0 aromatic heterocycles. The van der Waals surface area contributed by atoms with Crippen molar-refractivity contribution in [2.24, 2.45) is 5.92 Å². The summed E-state index contributed by atoms with van der Waals surface area (Å²) >= 11 is 3.53. The lowest BCUT2D eigenvalue weighted by molar-refractivity contribution is 0.411. The van der Waals surface area contributed by atoms with Gasteiger partial charge in [0, 0.05) is 11.0 Å². The molecule has 18 heavy (non-hydrogen) atoms. The average Bonchev–Trinajstić information content (AvgIpc) is 2.90. The average molecular weight is 310 g/mol. The van der Waals surface area contributed by atoms with Crippen molar-refractivity contribution in [2.75, 3.05) is 13.1 Å². The molecule has 1 N–H and O–H groups in total. The molecule has 2 heteroatoms. The van der Waals surface area contributed by atoms with Crippen LogP contribution in [0.5, 0.6) is 0 Å². The summed E-state index contributed by atoms with van der Waals surface area (Å²) < 4.78 is 1.18. The second-order valence-corrected chi connectivity index (χ2v) is 6.32. The summed E-state index contributed by atoms with van der Waals surface area (Å²) in [6, 6.07) is 8.94. The molecule has 0 spiro atoms. The normalized spacial score (nSPS) is 18.1. The lowest BCUT2D eigenvalue weighted by Crippen LogP contribution is -2.26. The van der Waals surface area contributed by atoms with Crippen molar-refractivity contribution in [3.8, 4) is 0 Å². The fourth-order valence-electron chi connectivity index (χ4n) is 3.06. The van der Waals surface area contributed by atoms with Gasteiger partial charge in [-0.15, -0.1) is 0 Å². The highest BCUT2D eigenvalue weighted by atomic mass is 79.9. The Bertz CT molecular complexity index is 341. The first-order chi connectivity index (χ1) is 8.81. The molecule has 1 fully saturated rings. The number of hydrogen-bond acceptors (Lipinski definition) is 1. The van der Waals surface area contributed by atoms with E-state index >= 15 is 0 Å². The van der Waals surface area contributed by atoms with Crippen LogP contribution in [-0.4, -0.2) is 13.1 Å². The summed E-state index contributed by atoms with van der Waals surface area (Å²) in [6.45, 7) is 4.51. The minimum atomic E-state index is 0.701. The number of nitrogens with one attached hydrogen (secondary N) is 1. The first-order valence-electron chi connectivity index (χ1n) is 7.27. The van der Waals surface area contributed by atoms with Gasteiger partial charge in [0.15, 0.2) is 0 Å². The Kier molecular flexibility index (Phi) is 5.71. The molecule has 0 heterocycles. The van der Waals surface area contributed by atoms with Crippen LogP contribution < -0.4 is 5.32 Å². The summed E-state index contributed by atoms with van der Waals surface area (Å²) in [5.41, 5.74) is 1.51. The van der Waals surface area contributed by atoms with E-state index in [1.165, 1.54) is 42.1 Å². The second kappa shape index (κ2) is 7.30. The van der Waals surface area contributed by atoms with E-state index in [-0.39, 0.29) is 0 Å². The molecule has 1 aromatic rings. The van der Waals surface area contributed by atoms with E-state index in [2.05, 4.69) is 52.4 Å². The van der Waals surface area contributed by atoms with Gasteiger partial charge in [-0.05, 0) is 55.3 Å². The molecular weight excluding hydrogens is 286 g/mol. The Hall–Kier alpha value is -0.340. The molecule has 1 aromatic carbocycles. The van der Waals surface area contributed by atoms with Gasteiger partial charge in [0.05, 0.1) is 0 Å². The van der Waals surface area contributed by atoms with E-state index in [0.29, 0.717) is 5.92 Å². The molecule has 1 saturated carbocycles. The molecule has 2 rings (SSSR count). The minimum Gasteiger partial charge on any atom is -0.316 e. The Morgan fingerprint density at radius 3 is 2.50 bits per heavy atom. The molecule has 0 bridgehead atoms. The van der Waals surface area contributed by atoms with E-state index < -0.39 is 0 Å². The third-order valence-electron chi connectivity index (χ3n) is 4.06. The van der Waals surface area contributed by atoms with Gasteiger partial charge < -0.3 is 5.32 Å². The van der Waals surface area contributed by atoms with Crippen LogP contribution in [0.25, 0.3) is 0 Å². The summed E-state index contributed by atoms with van der Waals surface area (Å²) in [5, 5.41) is 3.61. The van der Waals surface area contributed by atoms with Crippen LogP contribution in [0.15, 0.2) is 28.7 Å². The molecule has 100 valence electrons. The van der Waals surface area contributed by atoms with Gasteiger partial charge in [0.1, 0.15) is 0 Å². The van der Waals surface area contributed by atoms with Crippen LogP contribution in [0.2, 0.25) is 0 Å². The molecule has 0 radical (unpaired) electrons. The predicted octanol–water partition coefficient (Wildman–Crippen LogP) is 4.72. The third-order valence-corrected chi connectivity index (χ3v) is 4.59.